The Hall–Kier alpha value is -2.00. The van der Waals surface area contributed by atoms with Crippen molar-refractivity contribution in [2.75, 3.05) is 20.3 Å². The molecule has 0 heterocycles. The van der Waals surface area contributed by atoms with Gasteiger partial charge in [-0.1, -0.05) is 30.3 Å². The molecule has 106 valence electrons. The van der Waals surface area contributed by atoms with Crippen LogP contribution in [0.3, 0.4) is 0 Å². The highest BCUT2D eigenvalue weighted by molar-refractivity contribution is 5.36. The molecule has 3 heteroatoms. The van der Waals surface area contributed by atoms with E-state index in [9.17, 15) is 0 Å². The topological polar surface area (TPSA) is 30.5 Å². The van der Waals surface area contributed by atoms with Crippen LogP contribution in [0.1, 0.15) is 11.1 Å². The van der Waals surface area contributed by atoms with Crippen molar-refractivity contribution in [2.24, 2.45) is 0 Å². The van der Waals surface area contributed by atoms with E-state index in [2.05, 4.69) is 24.4 Å². The number of nitrogens with one attached hydrogen (secondary N) is 1. The van der Waals surface area contributed by atoms with E-state index >= 15 is 0 Å². The lowest BCUT2D eigenvalue weighted by Crippen LogP contribution is -2.20. The molecule has 0 saturated carbocycles. The highest BCUT2D eigenvalue weighted by Gasteiger charge is 1.99. The Bertz CT molecular complexity index is 526. The minimum absolute atomic E-state index is 0.666. The molecule has 0 atom stereocenters. The maximum atomic E-state index is 5.62. The van der Waals surface area contributed by atoms with Gasteiger partial charge in [0.25, 0.3) is 0 Å². The van der Waals surface area contributed by atoms with Crippen LogP contribution in [0.25, 0.3) is 0 Å². The summed E-state index contributed by atoms with van der Waals surface area (Å²) in [5.41, 5.74) is 2.41. The van der Waals surface area contributed by atoms with E-state index in [0.29, 0.717) is 6.61 Å². The SMILES string of the molecule is COc1ccc(CNCCOc2ccccc2)cc1C. The third-order valence-corrected chi connectivity index (χ3v) is 3.08. The van der Waals surface area contributed by atoms with E-state index < -0.39 is 0 Å². The maximum absolute atomic E-state index is 5.62. The summed E-state index contributed by atoms with van der Waals surface area (Å²) in [7, 11) is 1.70. The van der Waals surface area contributed by atoms with Crippen molar-refractivity contribution in [1.82, 2.24) is 5.32 Å². The average molecular weight is 271 g/mol. The van der Waals surface area contributed by atoms with Gasteiger partial charge in [-0.05, 0) is 36.2 Å². The third-order valence-electron chi connectivity index (χ3n) is 3.08. The van der Waals surface area contributed by atoms with Gasteiger partial charge in [-0.25, -0.2) is 0 Å². The van der Waals surface area contributed by atoms with Crippen molar-refractivity contribution in [2.45, 2.75) is 13.5 Å². The number of benzene rings is 2. The van der Waals surface area contributed by atoms with E-state index in [1.807, 2.05) is 36.4 Å². The minimum atomic E-state index is 0.666. The largest absolute Gasteiger partial charge is 0.496 e. The Kier molecular flexibility index (Phi) is 5.44. The van der Waals surface area contributed by atoms with Gasteiger partial charge in [0.1, 0.15) is 18.1 Å². The summed E-state index contributed by atoms with van der Waals surface area (Å²) in [6.07, 6.45) is 0. The predicted molar refractivity (Wildman–Crippen MR) is 81.4 cm³/mol. The van der Waals surface area contributed by atoms with Crippen molar-refractivity contribution in [3.05, 3.63) is 59.7 Å². The first-order valence-corrected chi connectivity index (χ1v) is 6.81. The van der Waals surface area contributed by atoms with Gasteiger partial charge in [0.2, 0.25) is 0 Å². The van der Waals surface area contributed by atoms with Gasteiger partial charge in [0, 0.05) is 13.1 Å². The molecular formula is C17H21NO2. The monoisotopic (exact) mass is 271 g/mol. The number of para-hydroxylation sites is 1. The van der Waals surface area contributed by atoms with Crippen LogP contribution in [-0.4, -0.2) is 20.3 Å². The van der Waals surface area contributed by atoms with Crippen molar-refractivity contribution in [3.63, 3.8) is 0 Å². The summed E-state index contributed by atoms with van der Waals surface area (Å²) in [4.78, 5) is 0. The van der Waals surface area contributed by atoms with Crippen LogP contribution < -0.4 is 14.8 Å². The molecule has 0 amide bonds. The van der Waals surface area contributed by atoms with Crippen molar-refractivity contribution < 1.29 is 9.47 Å². The van der Waals surface area contributed by atoms with Crippen LogP contribution in [0.2, 0.25) is 0 Å². The van der Waals surface area contributed by atoms with Crippen LogP contribution in [0.5, 0.6) is 11.5 Å². The first kappa shape index (κ1) is 14.4. The lowest BCUT2D eigenvalue weighted by Gasteiger charge is -2.09. The highest BCUT2D eigenvalue weighted by atomic mass is 16.5. The van der Waals surface area contributed by atoms with E-state index in [-0.39, 0.29) is 0 Å². The maximum Gasteiger partial charge on any atom is 0.121 e. The molecule has 0 aromatic heterocycles. The van der Waals surface area contributed by atoms with Crippen molar-refractivity contribution in [3.8, 4) is 11.5 Å². The smallest absolute Gasteiger partial charge is 0.121 e. The van der Waals surface area contributed by atoms with E-state index in [1.165, 1.54) is 5.56 Å². The minimum Gasteiger partial charge on any atom is -0.496 e. The second kappa shape index (κ2) is 7.56. The Morgan fingerprint density at radius 2 is 1.85 bits per heavy atom. The summed E-state index contributed by atoms with van der Waals surface area (Å²) < 4.78 is 10.9. The molecule has 2 rings (SSSR count). The lowest BCUT2D eigenvalue weighted by molar-refractivity contribution is 0.313. The summed E-state index contributed by atoms with van der Waals surface area (Å²) in [6.45, 7) is 4.38. The fraction of sp³-hybridized carbons (Fsp3) is 0.294. The van der Waals surface area contributed by atoms with Crippen LogP contribution >= 0.6 is 0 Å². The molecule has 0 saturated heterocycles. The molecule has 0 spiro atoms. The van der Waals surface area contributed by atoms with E-state index in [4.69, 9.17) is 9.47 Å². The summed E-state index contributed by atoms with van der Waals surface area (Å²) in [5.74, 6) is 1.84. The van der Waals surface area contributed by atoms with Crippen LogP contribution in [-0.2, 0) is 6.54 Å². The van der Waals surface area contributed by atoms with Crippen LogP contribution in [0.4, 0.5) is 0 Å². The van der Waals surface area contributed by atoms with E-state index in [1.54, 1.807) is 7.11 Å². The lowest BCUT2D eigenvalue weighted by atomic mass is 10.1. The number of ether oxygens (including phenoxy) is 2. The number of aryl methyl sites for hydroxylation is 1. The van der Waals surface area contributed by atoms with Gasteiger partial charge in [-0.2, -0.15) is 0 Å². The number of methoxy groups -OCH3 is 1. The van der Waals surface area contributed by atoms with Gasteiger partial charge < -0.3 is 14.8 Å². The Morgan fingerprint density at radius 1 is 1.05 bits per heavy atom. The molecule has 3 nitrogen and oxygen atoms in total. The molecule has 1 N–H and O–H groups in total. The zero-order valence-corrected chi connectivity index (χ0v) is 12.1. The van der Waals surface area contributed by atoms with Crippen molar-refractivity contribution in [1.29, 1.82) is 0 Å². The van der Waals surface area contributed by atoms with Gasteiger partial charge in [0.05, 0.1) is 7.11 Å². The predicted octanol–water partition coefficient (Wildman–Crippen LogP) is 3.17. The zero-order valence-electron chi connectivity index (χ0n) is 12.1. The van der Waals surface area contributed by atoms with Crippen LogP contribution in [0, 0.1) is 6.92 Å². The van der Waals surface area contributed by atoms with Crippen molar-refractivity contribution >= 4 is 0 Å². The molecule has 0 aliphatic carbocycles. The summed E-state index contributed by atoms with van der Waals surface area (Å²) in [5, 5.41) is 3.37. The third kappa shape index (κ3) is 4.28. The van der Waals surface area contributed by atoms with Gasteiger partial charge >= 0.3 is 0 Å². The Labute approximate surface area is 120 Å². The Balaban J connectivity index is 1.69. The highest BCUT2D eigenvalue weighted by Crippen LogP contribution is 2.18. The normalized spacial score (nSPS) is 10.3. The second-order valence-electron chi connectivity index (χ2n) is 4.64. The molecule has 0 bridgehead atoms. The number of hydrogen-bond donors (Lipinski definition) is 1. The molecule has 0 aliphatic heterocycles. The first-order chi connectivity index (χ1) is 9.79. The quantitative estimate of drug-likeness (QED) is 0.785. The molecule has 0 fully saturated rings. The van der Waals surface area contributed by atoms with Gasteiger partial charge in [-0.3, -0.25) is 0 Å². The molecule has 0 radical (unpaired) electrons. The second-order valence-corrected chi connectivity index (χ2v) is 4.64. The fourth-order valence-electron chi connectivity index (χ4n) is 2.04. The number of hydrogen-bond acceptors (Lipinski definition) is 3. The van der Waals surface area contributed by atoms with Gasteiger partial charge in [-0.15, -0.1) is 0 Å². The molecule has 2 aromatic carbocycles. The summed E-state index contributed by atoms with van der Waals surface area (Å²) in [6, 6.07) is 16.1. The van der Waals surface area contributed by atoms with Gasteiger partial charge in [0.15, 0.2) is 0 Å². The summed E-state index contributed by atoms with van der Waals surface area (Å²) >= 11 is 0. The van der Waals surface area contributed by atoms with Crippen LogP contribution in [0.15, 0.2) is 48.5 Å². The molecule has 2 aromatic rings. The van der Waals surface area contributed by atoms with E-state index in [0.717, 1.165) is 30.2 Å². The molecule has 0 aliphatic rings. The molecule has 20 heavy (non-hydrogen) atoms. The fourth-order valence-corrected chi connectivity index (χ4v) is 2.04. The number of rotatable bonds is 7. The average Bonchev–Trinajstić information content (AvgIpc) is 2.48. The standard InChI is InChI=1S/C17H21NO2/c1-14-12-15(8-9-17(14)19-2)13-18-10-11-20-16-6-4-3-5-7-16/h3-9,12,18H,10-11,13H2,1-2H3. The molecular weight excluding hydrogens is 250 g/mol. The zero-order chi connectivity index (χ0) is 14.2. The first-order valence-electron chi connectivity index (χ1n) is 6.81. The molecule has 0 unspecified atom stereocenters. The Morgan fingerprint density at radius 3 is 2.55 bits per heavy atom.